The van der Waals surface area contributed by atoms with Gasteiger partial charge in [0.2, 0.25) is 10.0 Å². The first-order chi connectivity index (χ1) is 12.7. The summed E-state index contributed by atoms with van der Waals surface area (Å²) in [5, 5.41) is 0.241. The van der Waals surface area contributed by atoms with Crippen molar-refractivity contribution in [2.75, 3.05) is 12.8 Å². The van der Waals surface area contributed by atoms with Crippen LogP contribution < -0.4 is 10.3 Å². The van der Waals surface area contributed by atoms with Crippen molar-refractivity contribution in [1.82, 2.24) is 14.3 Å². The Bertz CT molecular complexity index is 1170. The van der Waals surface area contributed by atoms with Crippen molar-refractivity contribution < 1.29 is 17.6 Å². The number of hydrogen-bond donors (Lipinski definition) is 1. The zero-order valence-corrected chi connectivity index (χ0v) is 15.9. The Kier molecular flexibility index (Phi) is 5.49. The molecule has 0 fully saturated rings. The molecule has 3 rings (SSSR count). The molecule has 0 unspecified atom stereocenters. The van der Waals surface area contributed by atoms with E-state index in [0.717, 1.165) is 11.1 Å². The van der Waals surface area contributed by atoms with Gasteiger partial charge in [-0.1, -0.05) is 0 Å². The van der Waals surface area contributed by atoms with Crippen LogP contribution in [-0.4, -0.2) is 36.6 Å². The lowest BCUT2D eigenvalue weighted by molar-refractivity contribution is 0.0974. The van der Waals surface area contributed by atoms with Crippen LogP contribution in [0.2, 0.25) is 0 Å². The van der Waals surface area contributed by atoms with Crippen LogP contribution in [0.4, 0.5) is 4.39 Å². The SMILES string of the molecule is CS(=O)(=O)NCCc1ccc(C(=O)Cn2cnc3cc(F)ccc3c2=O)s1. The predicted octanol–water partition coefficient (Wildman–Crippen LogP) is 1.57. The van der Waals surface area contributed by atoms with Gasteiger partial charge in [-0.15, -0.1) is 11.3 Å². The molecule has 27 heavy (non-hydrogen) atoms. The second-order valence-electron chi connectivity index (χ2n) is 5.94. The number of Topliss-reactive ketones (excluding diaryl/α,β-unsaturated/α-hetero) is 1. The van der Waals surface area contributed by atoms with Gasteiger partial charge in [0.05, 0.1) is 34.9 Å². The molecule has 0 saturated carbocycles. The summed E-state index contributed by atoms with van der Waals surface area (Å²) in [4.78, 5) is 30.2. The number of ketones is 1. The first-order valence-electron chi connectivity index (χ1n) is 7.94. The average molecular weight is 409 g/mol. The van der Waals surface area contributed by atoms with Crippen molar-refractivity contribution in [3.63, 3.8) is 0 Å². The monoisotopic (exact) mass is 409 g/mol. The smallest absolute Gasteiger partial charge is 0.261 e. The molecular weight excluding hydrogens is 393 g/mol. The molecule has 1 N–H and O–H groups in total. The Labute approximate surface area is 158 Å². The molecule has 2 heterocycles. The number of aromatic nitrogens is 2. The number of carbonyl (C=O) groups is 1. The number of thiophene rings is 1. The van der Waals surface area contributed by atoms with Crippen LogP contribution in [0.1, 0.15) is 14.5 Å². The number of fused-ring (bicyclic) bond motifs is 1. The maximum Gasteiger partial charge on any atom is 0.261 e. The minimum absolute atomic E-state index is 0.180. The summed E-state index contributed by atoms with van der Waals surface area (Å²) >= 11 is 1.25. The third-order valence-corrected chi connectivity index (χ3v) is 5.69. The number of sulfonamides is 1. The van der Waals surface area contributed by atoms with Gasteiger partial charge in [0, 0.05) is 17.5 Å². The van der Waals surface area contributed by atoms with E-state index in [4.69, 9.17) is 0 Å². The van der Waals surface area contributed by atoms with Crippen molar-refractivity contribution in [1.29, 1.82) is 0 Å². The molecule has 3 aromatic rings. The number of rotatable bonds is 7. The maximum atomic E-state index is 13.2. The lowest BCUT2D eigenvalue weighted by atomic mass is 10.2. The zero-order valence-electron chi connectivity index (χ0n) is 14.3. The summed E-state index contributed by atoms with van der Waals surface area (Å²) in [7, 11) is -3.25. The molecule has 0 radical (unpaired) electrons. The van der Waals surface area contributed by atoms with Crippen LogP contribution in [0.5, 0.6) is 0 Å². The van der Waals surface area contributed by atoms with E-state index in [0.29, 0.717) is 11.3 Å². The van der Waals surface area contributed by atoms with Crippen molar-refractivity contribution in [2.45, 2.75) is 13.0 Å². The summed E-state index contributed by atoms with van der Waals surface area (Å²) < 4.78 is 38.9. The molecule has 2 aromatic heterocycles. The predicted molar refractivity (Wildman–Crippen MR) is 101 cm³/mol. The third-order valence-electron chi connectivity index (χ3n) is 3.77. The second-order valence-corrected chi connectivity index (χ2v) is 8.95. The van der Waals surface area contributed by atoms with E-state index >= 15 is 0 Å². The molecule has 0 atom stereocenters. The highest BCUT2D eigenvalue weighted by Crippen LogP contribution is 2.18. The molecule has 7 nitrogen and oxygen atoms in total. The first-order valence-corrected chi connectivity index (χ1v) is 10.6. The Morgan fingerprint density at radius 3 is 2.81 bits per heavy atom. The maximum absolute atomic E-state index is 13.2. The van der Waals surface area contributed by atoms with Gasteiger partial charge in [0.25, 0.3) is 5.56 Å². The van der Waals surface area contributed by atoms with Crippen molar-refractivity contribution in [2.24, 2.45) is 0 Å². The number of hydrogen-bond acceptors (Lipinski definition) is 6. The van der Waals surface area contributed by atoms with Gasteiger partial charge >= 0.3 is 0 Å². The Balaban J connectivity index is 1.72. The van der Waals surface area contributed by atoms with Crippen molar-refractivity contribution in [3.05, 3.63) is 62.6 Å². The van der Waals surface area contributed by atoms with Crippen LogP contribution in [0.25, 0.3) is 10.9 Å². The molecule has 0 aliphatic rings. The summed E-state index contributed by atoms with van der Waals surface area (Å²) in [5.41, 5.74) is -0.178. The first kappa shape index (κ1) is 19.3. The van der Waals surface area contributed by atoms with E-state index in [1.807, 2.05) is 0 Å². The fourth-order valence-electron chi connectivity index (χ4n) is 2.50. The third kappa shape index (κ3) is 4.85. The molecule has 1 aromatic carbocycles. The lowest BCUT2D eigenvalue weighted by Crippen LogP contribution is -2.24. The number of halogens is 1. The molecule has 0 aliphatic carbocycles. The topological polar surface area (TPSA) is 98.1 Å². The quantitative estimate of drug-likeness (QED) is 0.598. The summed E-state index contributed by atoms with van der Waals surface area (Å²) in [6.07, 6.45) is 2.78. The minimum Gasteiger partial charge on any atom is -0.291 e. The average Bonchev–Trinajstić information content (AvgIpc) is 3.05. The fourth-order valence-corrected chi connectivity index (χ4v) is 3.91. The minimum atomic E-state index is -3.25. The number of carbonyl (C=O) groups excluding carboxylic acids is 1. The molecule has 0 amide bonds. The van der Waals surface area contributed by atoms with E-state index < -0.39 is 21.4 Å². The van der Waals surface area contributed by atoms with E-state index in [1.54, 1.807) is 12.1 Å². The van der Waals surface area contributed by atoms with E-state index in [2.05, 4.69) is 9.71 Å². The number of benzene rings is 1. The van der Waals surface area contributed by atoms with Crippen molar-refractivity contribution in [3.8, 4) is 0 Å². The Morgan fingerprint density at radius 1 is 1.30 bits per heavy atom. The van der Waals surface area contributed by atoms with E-state index in [1.165, 1.54) is 40.4 Å². The highest BCUT2D eigenvalue weighted by atomic mass is 32.2. The second kappa shape index (κ2) is 7.67. The normalized spacial score (nSPS) is 11.8. The molecule has 0 aliphatic heterocycles. The number of nitrogens with one attached hydrogen (secondary N) is 1. The van der Waals surface area contributed by atoms with Crippen molar-refractivity contribution >= 4 is 38.0 Å². The summed E-state index contributed by atoms with van der Waals surface area (Å²) in [5.74, 6) is -0.743. The molecule has 0 spiro atoms. The summed E-state index contributed by atoms with van der Waals surface area (Å²) in [6, 6.07) is 7.09. The fraction of sp³-hybridized carbons (Fsp3) is 0.235. The molecule has 10 heteroatoms. The number of nitrogens with zero attached hydrogens (tertiary/aromatic N) is 2. The zero-order chi connectivity index (χ0) is 19.6. The van der Waals surface area contributed by atoms with Gasteiger partial charge in [0.15, 0.2) is 5.78 Å². The standard InChI is InChI=1S/C17H16FN3O4S2/c1-27(24,25)20-7-6-12-3-5-16(26-12)15(22)9-21-10-19-14-8-11(18)2-4-13(14)17(21)23/h2-5,8,10,20H,6-7,9H2,1H3. The van der Waals surface area contributed by atoms with Crippen LogP contribution in [-0.2, 0) is 23.0 Å². The van der Waals surface area contributed by atoms with Crippen LogP contribution >= 0.6 is 11.3 Å². The largest absolute Gasteiger partial charge is 0.291 e. The highest BCUT2D eigenvalue weighted by Gasteiger charge is 2.13. The van der Waals surface area contributed by atoms with Crippen LogP contribution in [0.3, 0.4) is 0 Å². The molecule has 0 saturated heterocycles. The van der Waals surface area contributed by atoms with Gasteiger partial charge in [0.1, 0.15) is 5.82 Å². The van der Waals surface area contributed by atoms with Gasteiger partial charge in [-0.3, -0.25) is 14.2 Å². The van der Waals surface area contributed by atoms with Gasteiger partial charge < -0.3 is 0 Å². The van der Waals surface area contributed by atoms with Gasteiger partial charge in [-0.25, -0.2) is 22.5 Å². The molecular formula is C17H16FN3O4S2. The molecule has 142 valence electrons. The summed E-state index contributed by atoms with van der Waals surface area (Å²) in [6.45, 7) is 0.0677. The van der Waals surface area contributed by atoms with E-state index in [9.17, 15) is 22.4 Å². The van der Waals surface area contributed by atoms with Crippen LogP contribution in [0.15, 0.2) is 41.5 Å². The Hall–Kier alpha value is -2.43. The van der Waals surface area contributed by atoms with E-state index in [-0.39, 0.29) is 29.8 Å². The molecule has 0 bridgehead atoms. The van der Waals surface area contributed by atoms with Crippen LogP contribution in [0, 0.1) is 5.82 Å². The highest BCUT2D eigenvalue weighted by molar-refractivity contribution is 7.88. The van der Waals surface area contributed by atoms with Gasteiger partial charge in [-0.05, 0) is 30.7 Å². The Morgan fingerprint density at radius 2 is 2.07 bits per heavy atom. The lowest BCUT2D eigenvalue weighted by Gasteiger charge is -2.05. The van der Waals surface area contributed by atoms with Gasteiger partial charge in [-0.2, -0.15) is 0 Å².